The number of nitrogens with zero attached hydrogens (tertiary/aromatic N) is 3. The van der Waals surface area contributed by atoms with Gasteiger partial charge in [-0.3, -0.25) is 48.1 Å². The number of aliphatic hydroxyl groups is 1. The number of likely N-dealkylation sites (tertiary alicyclic amines) is 2. The van der Waals surface area contributed by atoms with Crippen LogP contribution in [0.25, 0.3) is 0 Å². The topological polar surface area (TPSA) is 409 Å². The van der Waals surface area contributed by atoms with Crippen molar-refractivity contribution in [2.45, 2.75) is 134 Å². The van der Waals surface area contributed by atoms with Gasteiger partial charge in [0.1, 0.15) is 42.3 Å². The molecule has 7 amide bonds. The van der Waals surface area contributed by atoms with Crippen LogP contribution in [0.3, 0.4) is 0 Å². The normalized spacial score (nSPS) is 18.9. The quantitative estimate of drug-likeness (QED) is 0.0233. The molecule has 0 aromatic rings. The number of aliphatic carboxylic acids is 3. The van der Waals surface area contributed by atoms with Crippen LogP contribution in [-0.2, 0) is 47.9 Å². The number of carbonyl (C=O) groups excluding carboxylic acids is 7. The van der Waals surface area contributed by atoms with Gasteiger partial charge >= 0.3 is 17.9 Å². The minimum absolute atomic E-state index is 0.0576. The molecule has 0 bridgehead atoms. The van der Waals surface area contributed by atoms with Crippen LogP contribution in [0.15, 0.2) is 4.99 Å². The Morgan fingerprint density at radius 1 is 0.667 bits per heavy atom. The Balaban J connectivity index is 2.22. The number of carbonyl (C=O) groups is 10. The molecule has 0 radical (unpaired) electrons. The second-order valence-electron chi connectivity index (χ2n) is 16.3. The van der Waals surface area contributed by atoms with Gasteiger partial charge in [0, 0.05) is 19.6 Å². The third-order valence-corrected chi connectivity index (χ3v) is 10.3. The fraction of sp³-hybridized carbons (Fsp3) is 0.711. The number of nitrogens with one attached hydrogen (secondary N) is 5. The number of carboxylic acid groups (broad SMARTS) is 3. The standard InChI is InChI=1S/C38H63N11O14/c1-18(2)14-23(35(60)48-12-6-9-25(48)32(57)44-22(16-28(53)54)31(56)43-21(37(62)63)8-5-11-42-38(40)41)45-34(59)29(19(3)4)47-33(58)26-10-7-13-49(26)36(61)24(17-50)46-30(55)20(39)15-27(51)52/h18-26,29,50H,5-17,39H2,1-4H3,(H,43,56)(H,44,57)(H,45,59)(H,46,55)(H,47,58)(H,51,52)(H,53,54)(H,62,63)(H4,40,41,42)/t20-,21-,22-,23-,24-,25-,26-,29-/m0/s1. The van der Waals surface area contributed by atoms with Gasteiger partial charge < -0.3 is 74.0 Å². The van der Waals surface area contributed by atoms with E-state index >= 15 is 0 Å². The average Bonchev–Trinajstić information content (AvgIpc) is 3.89. The van der Waals surface area contributed by atoms with Crippen molar-refractivity contribution in [1.82, 2.24) is 36.4 Å². The number of amides is 7. The fourth-order valence-corrected chi connectivity index (χ4v) is 7.18. The highest BCUT2D eigenvalue weighted by Gasteiger charge is 2.42. The Hall–Kier alpha value is -6.11. The number of carboxylic acids is 3. The van der Waals surface area contributed by atoms with Crippen LogP contribution in [0.2, 0.25) is 0 Å². The van der Waals surface area contributed by atoms with Gasteiger partial charge in [0.25, 0.3) is 0 Å². The summed E-state index contributed by atoms with van der Waals surface area (Å²) in [6.07, 6.45) is -0.576. The molecule has 2 heterocycles. The Kier molecular flexibility index (Phi) is 21.1. The molecule has 25 nitrogen and oxygen atoms in total. The Morgan fingerprint density at radius 3 is 1.65 bits per heavy atom. The van der Waals surface area contributed by atoms with Gasteiger partial charge in [0.05, 0.1) is 25.5 Å². The summed E-state index contributed by atoms with van der Waals surface area (Å²) in [5.74, 6) is -11.2. The molecule has 2 aliphatic heterocycles. The first-order chi connectivity index (χ1) is 29.5. The third-order valence-electron chi connectivity index (χ3n) is 10.3. The van der Waals surface area contributed by atoms with Crippen molar-refractivity contribution in [2.24, 2.45) is 34.0 Å². The minimum Gasteiger partial charge on any atom is -0.481 e. The predicted octanol–water partition coefficient (Wildman–Crippen LogP) is -4.50. The second-order valence-corrected chi connectivity index (χ2v) is 16.3. The van der Waals surface area contributed by atoms with Gasteiger partial charge in [0.2, 0.25) is 41.4 Å². The summed E-state index contributed by atoms with van der Waals surface area (Å²) < 4.78 is 0. The molecule has 2 saturated heterocycles. The van der Waals surface area contributed by atoms with Gasteiger partial charge in [-0.2, -0.15) is 0 Å². The summed E-state index contributed by atoms with van der Waals surface area (Å²) in [6.45, 7) is 6.14. The summed E-state index contributed by atoms with van der Waals surface area (Å²) in [7, 11) is 0. The molecule has 15 N–H and O–H groups in total. The molecule has 0 aromatic heterocycles. The average molecular weight is 898 g/mol. The fourth-order valence-electron chi connectivity index (χ4n) is 7.18. The highest BCUT2D eigenvalue weighted by Crippen LogP contribution is 2.22. The summed E-state index contributed by atoms with van der Waals surface area (Å²) in [5, 5.41) is 50.1. The Labute approximate surface area is 363 Å². The zero-order chi connectivity index (χ0) is 47.7. The van der Waals surface area contributed by atoms with Crippen molar-refractivity contribution in [3.05, 3.63) is 0 Å². The lowest BCUT2D eigenvalue weighted by Crippen LogP contribution is -2.61. The van der Waals surface area contributed by atoms with E-state index in [-0.39, 0.29) is 63.6 Å². The lowest BCUT2D eigenvalue weighted by Gasteiger charge is -2.32. The van der Waals surface area contributed by atoms with Crippen LogP contribution < -0.4 is 43.8 Å². The highest BCUT2D eigenvalue weighted by molar-refractivity contribution is 5.98. The number of aliphatic imine (C=N–C) groups is 1. The molecule has 0 spiro atoms. The third kappa shape index (κ3) is 16.6. The predicted molar refractivity (Wildman–Crippen MR) is 221 cm³/mol. The zero-order valence-corrected chi connectivity index (χ0v) is 35.9. The molecule has 0 aromatic carbocycles. The Bertz CT molecular complexity index is 1720. The maximum Gasteiger partial charge on any atom is 0.326 e. The minimum atomic E-state index is -1.73. The van der Waals surface area contributed by atoms with Crippen molar-refractivity contribution >= 4 is 65.2 Å². The second kappa shape index (κ2) is 25.1. The lowest BCUT2D eigenvalue weighted by atomic mass is 9.99. The molecule has 0 unspecified atom stereocenters. The van der Waals surface area contributed by atoms with Gasteiger partial charge in [-0.15, -0.1) is 0 Å². The highest BCUT2D eigenvalue weighted by atomic mass is 16.4. The van der Waals surface area contributed by atoms with Gasteiger partial charge in [-0.25, -0.2) is 4.79 Å². The maximum atomic E-state index is 14.2. The van der Waals surface area contributed by atoms with E-state index < -0.39 is 133 Å². The number of rotatable bonds is 25. The van der Waals surface area contributed by atoms with Crippen LogP contribution in [0.1, 0.15) is 85.5 Å². The molecular weight excluding hydrogens is 834 g/mol. The SMILES string of the molecule is CC(C)C[C@H](NC(=O)[C@@H](NC(=O)[C@@H]1CCCN1C(=O)[C@H](CO)NC(=O)[C@@H](N)CC(=O)O)C(C)C)C(=O)N1CCC[C@H]1C(=O)N[C@@H](CC(=O)O)C(=O)N[C@@H](CCCN=C(N)N)C(=O)O. The van der Waals surface area contributed by atoms with E-state index in [0.29, 0.717) is 12.8 Å². The van der Waals surface area contributed by atoms with Crippen molar-refractivity contribution in [3.63, 3.8) is 0 Å². The molecular formula is C38H63N11O14. The van der Waals surface area contributed by atoms with Gasteiger partial charge in [0.15, 0.2) is 5.96 Å². The largest absolute Gasteiger partial charge is 0.481 e. The lowest BCUT2D eigenvalue weighted by molar-refractivity contribution is -0.145. The number of nitrogens with two attached hydrogens (primary N) is 3. The molecule has 63 heavy (non-hydrogen) atoms. The Morgan fingerprint density at radius 2 is 1.17 bits per heavy atom. The summed E-state index contributed by atoms with van der Waals surface area (Å²) in [4.78, 5) is 135. The van der Waals surface area contributed by atoms with Crippen molar-refractivity contribution in [2.75, 3.05) is 26.2 Å². The van der Waals surface area contributed by atoms with Crippen LogP contribution >= 0.6 is 0 Å². The number of aliphatic hydroxyl groups excluding tert-OH is 1. The molecule has 8 atom stereocenters. The van der Waals surface area contributed by atoms with Gasteiger partial charge in [-0.05, 0) is 56.8 Å². The summed E-state index contributed by atoms with van der Waals surface area (Å²) in [6, 6.07) is -11.0. The molecule has 2 rings (SSSR count). The van der Waals surface area contributed by atoms with Gasteiger partial charge in [-0.1, -0.05) is 27.7 Å². The van der Waals surface area contributed by atoms with Crippen molar-refractivity contribution < 1.29 is 68.4 Å². The monoisotopic (exact) mass is 897 g/mol. The first kappa shape index (κ1) is 53.0. The number of hydrogen-bond donors (Lipinski definition) is 12. The van der Waals surface area contributed by atoms with Crippen LogP contribution in [0.4, 0.5) is 0 Å². The van der Waals surface area contributed by atoms with E-state index in [1.54, 1.807) is 27.7 Å². The maximum absolute atomic E-state index is 14.2. The molecule has 0 saturated carbocycles. The molecule has 2 aliphatic rings. The number of guanidine groups is 1. The summed E-state index contributed by atoms with van der Waals surface area (Å²) in [5.41, 5.74) is 16.1. The van der Waals surface area contributed by atoms with E-state index in [0.717, 1.165) is 4.90 Å². The van der Waals surface area contributed by atoms with E-state index in [1.165, 1.54) is 4.90 Å². The van der Waals surface area contributed by atoms with Crippen molar-refractivity contribution in [3.8, 4) is 0 Å². The molecule has 0 aliphatic carbocycles. The van der Waals surface area contributed by atoms with E-state index in [4.69, 9.17) is 22.3 Å². The van der Waals surface area contributed by atoms with E-state index in [2.05, 4.69) is 31.6 Å². The molecule has 25 heteroatoms. The van der Waals surface area contributed by atoms with E-state index in [9.17, 15) is 63.3 Å². The molecule has 354 valence electrons. The van der Waals surface area contributed by atoms with E-state index in [1.807, 2.05) is 0 Å². The smallest absolute Gasteiger partial charge is 0.326 e. The first-order valence-electron chi connectivity index (χ1n) is 20.7. The van der Waals surface area contributed by atoms with Crippen LogP contribution in [0.5, 0.6) is 0 Å². The van der Waals surface area contributed by atoms with Crippen molar-refractivity contribution in [1.29, 1.82) is 0 Å². The zero-order valence-electron chi connectivity index (χ0n) is 35.9. The molecule has 2 fully saturated rings. The van der Waals surface area contributed by atoms with Crippen LogP contribution in [-0.4, -0.2) is 170 Å². The number of hydrogen-bond acceptors (Lipinski definition) is 13. The summed E-state index contributed by atoms with van der Waals surface area (Å²) >= 11 is 0. The first-order valence-corrected chi connectivity index (χ1v) is 20.7. The van der Waals surface area contributed by atoms with Crippen LogP contribution in [0, 0.1) is 11.8 Å².